The highest BCUT2D eigenvalue weighted by Gasteiger charge is 2.42. The van der Waals surface area contributed by atoms with Crippen LogP contribution in [0.3, 0.4) is 0 Å². The molecular formula is C54H71ClN2O14+2. The van der Waals surface area contributed by atoms with Crippen LogP contribution in [0.15, 0.2) is 59.6 Å². The second-order valence-corrected chi connectivity index (χ2v) is 18.6. The van der Waals surface area contributed by atoms with E-state index in [9.17, 15) is 9.59 Å². The lowest BCUT2D eigenvalue weighted by Crippen LogP contribution is -2.52. The van der Waals surface area contributed by atoms with Crippen molar-refractivity contribution in [1.82, 2.24) is 0 Å². The van der Waals surface area contributed by atoms with Gasteiger partial charge in [-0.25, -0.2) is 9.59 Å². The molecule has 2 aliphatic rings. The maximum absolute atomic E-state index is 13.1. The fourth-order valence-electron chi connectivity index (χ4n) is 10.3. The molecule has 0 saturated carbocycles. The predicted octanol–water partition coefficient (Wildman–Crippen LogP) is 8.04. The highest BCUT2D eigenvalue weighted by molar-refractivity contribution is 6.42. The molecule has 2 heterocycles. The molecule has 17 heteroatoms. The van der Waals surface area contributed by atoms with Crippen LogP contribution in [0.2, 0.25) is 0 Å². The zero-order chi connectivity index (χ0) is 51.5. The first-order valence-electron chi connectivity index (χ1n) is 23.6. The molecule has 0 amide bonds. The first-order valence-corrected chi connectivity index (χ1v) is 24.0. The van der Waals surface area contributed by atoms with Crippen LogP contribution in [0.1, 0.15) is 58.3 Å². The van der Waals surface area contributed by atoms with Crippen LogP contribution in [0.5, 0.6) is 57.5 Å². The van der Waals surface area contributed by atoms with Gasteiger partial charge >= 0.3 is 11.9 Å². The Morgan fingerprint density at radius 2 is 0.859 bits per heavy atom. The molecule has 386 valence electrons. The Hall–Kier alpha value is -6.23. The van der Waals surface area contributed by atoms with Crippen molar-refractivity contribution in [3.8, 4) is 57.5 Å². The van der Waals surface area contributed by atoms with Crippen LogP contribution in [0.25, 0.3) is 0 Å². The zero-order valence-corrected chi connectivity index (χ0v) is 44.1. The minimum absolute atomic E-state index is 0.0170. The van der Waals surface area contributed by atoms with E-state index in [0.717, 1.165) is 54.3 Å². The van der Waals surface area contributed by atoms with Gasteiger partial charge in [0.2, 0.25) is 11.5 Å². The number of carbonyl (C=O) groups is 2. The van der Waals surface area contributed by atoms with Gasteiger partial charge < -0.3 is 65.8 Å². The molecule has 0 fully saturated rings. The minimum Gasteiger partial charge on any atom is -0.493 e. The molecule has 0 N–H and O–H groups in total. The van der Waals surface area contributed by atoms with Crippen molar-refractivity contribution in [3.63, 3.8) is 0 Å². The Labute approximate surface area is 423 Å². The number of benzene rings is 4. The number of methoxy groups -OCH3 is 10. The minimum atomic E-state index is -0.798. The van der Waals surface area contributed by atoms with Gasteiger partial charge in [0, 0.05) is 55.7 Å². The Morgan fingerprint density at radius 3 is 1.21 bits per heavy atom. The van der Waals surface area contributed by atoms with E-state index in [-0.39, 0.29) is 30.3 Å². The normalized spacial score (nSPS) is 19.3. The van der Waals surface area contributed by atoms with Crippen molar-refractivity contribution < 1.29 is 75.4 Å². The van der Waals surface area contributed by atoms with Crippen LogP contribution in [0, 0.1) is 0 Å². The average molecular weight is 1010 g/mol. The molecule has 4 atom stereocenters. The first kappa shape index (κ1) is 54.1. The summed E-state index contributed by atoms with van der Waals surface area (Å²) in [7, 11) is 20.5. The fraction of sp³-hybridized carbons (Fsp3) is 0.481. The van der Waals surface area contributed by atoms with Crippen molar-refractivity contribution in [3.05, 3.63) is 93.0 Å². The van der Waals surface area contributed by atoms with Gasteiger partial charge in [0.15, 0.2) is 46.0 Å². The summed E-state index contributed by atoms with van der Waals surface area (Å²) in [6.07, 6.45) is 4.96. The molecule has 6 rings (SSSR count). The molecule has 0 bridgehead atoms. The SMILES string of the molecule is COc1cc2c(cc1OC)[C@@H](Cc1cc(OC)c(OC)c(OC)c1)[N@@+](C)(CCCOC(=O)/C=C(\Cl)C(=O)OCCC[N@@+]1(C)CCc3cc(OC)c(OC)cc3[C@H]1Cc1cc(OC)c(OC)c(OC)c1)CC2. The lowest BCUT2D eigenvalue weighted by molar-refractivity contribution is -0.941. The third-order valence-corrected chi connectivity index (χ3v) is 14.4. The van der Waals surface area contributed by atoms with Crippen LogP contribution in [-0.2, 0) is 44.7 Å². The summed E-state index contributed by atoms with van der Waals surface area (Å²) in [4.78, 5) is 26.1. The van der Waals surface area contributed by atoms with Gasteiger partial charge in [-0.1, -0.05) is 11.6 Å². The number of carbonyl (C=O) groups excluding carboxylic acids is 2. The maximum atomic E-state index is 13.1. The molecule has 2 aliphatic heterocycles. The molecule has 0 aliphatic carbocycles. The van der Waals surface area contributed by atoms with Crippen LogP contribution >= 0.6 is 11.6 Å². The van der Waals surface area contributed by atoms with Gasteiger partial charge in [0.1, 0.15) is 17.1 Å². The number of esters is 2. The van der Waals surface area contributed by atoms with Crippen LogP contribution < -0.4 is 47.4 Å². The highest BCUT2D eigenvalue weighted by Crippen LogP contribution is 2.47. The molecule has 0 radical (unpaired) electrons. The number of halogens is 1. The van der Waals surface area contributed by atoms with E-state index in [1.165, 1.54) is 11.1 Å². The second-order valence-electron chi connectivity index (χ2n) is 18.2. The molecule has 71 heavy (non-hydrogen) atoms. The van der Waals surface area contributed by atoms with Gasteiger partial charge in [-0.3, -0.25) is 0 Å². The van der Waals surface area contributed by atoms with E-state index < -0.39 is 11.9 Å². The summed E-state index contributed by atoms with van der Waals surface area (Å²) in [6.45, 7) is 3.22. The average Bonchev–Trinajstić information content (AvgIpc) is 3.38. The standard InChI is InChI=1S/C54H71ClN2O14/c1-56(19-15-36-29-43(60-3)45(62-5)31-38(36)41(56)23-34-25-47(64-7)52(68-11)48(26-34)65-8)17-13-21-70-51(58)33-40(55)54(59)71-22-14-18-57(2)20-16-37-30-44(61-4)46(63-6)32-39(37)42(57)24-35-27-49(66-9)53(69-12)50(28-35)67-10/h25-33,41-42H,13-24H2,1-12H3/q+2/b40-33-/t41-,42-,56+,57+/m1/s1. The van der Waals surface area contributed by atoms with Crippen molar-refractivity contribution >= 4 is 23.5 Å². The fourth-order valence-corrected chi connectivity index (χ4v) is 10.4. The van der Waals surface area contributed by atoms with E-state index in [1.54, 1.807) is 71.1 Å². The molecule has 0 spiro atoms. The third-order valence-electron chi connectivity index (χ3n) is 14.1. The quantitative estimate of drug-likeness (QED) is 0.0289. The lowest BCUT2D eigenvalue weighted by Gasteiger charge is -2.46. The summed E-state index contributed by atoms with van der Waals surface area (Å²) in [5, 5.41) is -0.356. The topological polar surface area (TPSA) is 145 Å². The summed E-state index contributed by atoms with van der Waals surface area (Å²) < 4.78 is 69.3. The van der Waals surface area contributed by atoms with Crippen molar-refractivity contribution in [2.45, 2.75) is 50.6 Å². The van der Waals surface area contributed by atoms with E-state index >= 15 is 0 Å². The van der Waals surface area contributed by atoms with Crippen LogP contribution in [-0.4, -0.2) is 145 Å². The molecular weight excluding hydrogens is 936 g/mol. The van der Waals surface area contributed by atoms with Gasteiger partial charge in [0.25, 0.3) is 0 Å². The number of likely N-dealkylation sites (N-methyl/N-ethyl adjacent to an activating group) is 2. The third kappa shape index (κ3) is 12.1. The Morgan fingerprint density at radius 1 is 0.507 bits per heavy atom. The van der Waals surface area contributed by atoms with Crippen molar-refractivity contribution in [1.29, 1.82) is 0 Å². The molecule has 16 nitrogen and oxygen atoms in total. The number of fused-ring (bicyclic) bond motifs is 2. The number of rotatable bonds is 24. The van der Waals surface area contributed by atoms with Gasteiger partial charge in [0.05, 0.1) is 125 Å². The number of quaternary nitrogens is 2. The Balaban J connectivity index is 1.09. The maximum Gasteiger partial charge on any atom is 0.350 e. The molecule has 4 aromatic carbocycles. The number of hydrogen-bond donors (Lipinski definition) is 0. The smallest absolute Gasteiger partial charge is 0.350 e. The van der Waals surface area contributed by atoms with Crippen LogP contribution in [0.4, 0.5) is 0 Å². The molecule has 0 aromatic heterocycles. The number of ether oxygens (including phenoxy) is 12. The summed E-state index contributed by atoms with van der Waals surface area (Å²) in [5.41, 5.74) is 6.64. The molecule has 4 aromatic rings. The van der Waals surface area contributed by atoms with Crippen molar-refractivity contribution in [2.24, 2.45) is 0 Å². The summed E-state index contributed by atoms with van der Waals surface area (Å²) >= 11 is 6.37. The van der Waals surface area contributed by atoms with E-state index in [0.29, 0.717) is 105 Å². The summed E-state index contributed by atoms with van der Waals surface area (Å²) in [6, 6.07) is 16.1. The lowest BCUT2D eigenvalue weighted by atomic mass is 9.86. The molecule has 0 saturated heterocycles. The van der Waals surface area contributed by atoms with E-state index in [1.807, 2.05) is 24.3 Å². The van der Waals surface area contributed by atoms with Crippen molar-refractivity contribution in [2.75, 3.05) is 125 Å². The van der Waals surface area contributed by atoms with Gasteiger partial charge in [-0.05, 0) is 70.8 Å². The van der Waals surface area contributed by atoms with Gasteiger partial charge in [-0.2, -0.15) is 0 Å². The van der Waals surface area contributed by atoms with E-state index in [2.05, 4.69) is 38.4 Å². The monoisotopic (exact) mass is 1010 g/mol. The largest absolute Gasteiger partial charge is 0.493 e. The Kier molecular flexibility index (Phi) is 18.5. The zero-order valence-electron chi connectivity index (χ0n) is 43.3. The van der Waals surface area contributed by atoms with Gasteiger partial charge in [-0.15, -0.1) is 0 Å². The highest BCUT2D eigenvalue weighted by atomic mass is 35.5. The number of nitrogens with zero attached hydrogens (tertiary/aromatic N) is 2. The first-order chi connectivity index (χ1) is 34.2. The second kappa shape index (κ2) is 24.3. The number of hydrogen-bond acceptors (Lipinski definition) is 14. The summed E-state index contributed by atoms with van der Waals surface area (Å²) in [5.74, 6) is 4.46. The van der Waals surface area contributed by atoms with E-state index in [4.69, 9.17) is 68.4 Å². The predicted molar refractivity (Wildman–Crippen MR) is 269 cm³/mol. The Bertz CT molecular complexity index is 2500. The molecule has 0 unspecified atom stereocenters.